The first-order valence-electron chi connectivity index (χ1n) is 8.60. The molecular formula is C20H25NS2. The Bertz CT molecular complexity index is 692. The van der Waals surface area contributed by atoms with Crippen molar-refractivity contribution in [1.29, 1.82) is 0 Å². The van der Waals surface area contributed by atoms with Crippen molar-refractivity contribution >= 4 is 22.7 Å². The number of hydrogen-bond donors (Lipinski definition) is 0. The summed E-state index contributed by atoms with van der Waals surface area (Å²) in [4.78, 5) is 2.75. The molecule has 122 valence electrons. The summed E-state index contributed by atoms with van der Waals surface area (Å²) in [5.74, 6) is 0.775. The summed E-state index contributed by atoms with van der Waals surface area (Å²) in [6, 6.07) is 11.1. The first-order chi connectivity index (χ1) is 11.3. The fourth-order valence-electron chi connectivity index (χ4n) is 3.14. The Balaban J connectivity index is 1.94. The van der Waals surface area contributed by atoms with Crippen LogP contribution in [0.25, 0.3) is 21.0 Å². The maximum Gasteiger partial charge on any atom is 0.0669 e. The van der Waals surface area contributed by atoms with Gasteiger partial charge < -0.3 is 4.57 Å². The largest absolute Gasteiger partial charge is 0.346 e. The standard InChI is InChI=1S/C20H25NS2/c1-3-5-8-16(4-2)15-21-12-11-17(18-9-6-13-22-18)20(21)19-10-7-14-23-19/h6-7,9-14,16H,3-5,8,15H2,1-2H3. The van der Waals surface area contributed by atoms with E-state index in [2.05, 4.69) is 65.7 Å². The second-order valence-corrected chi connectivity index (χ2v) is 8.00. The minimum atomic E-state index is 0.775. The Morgan fingerprint density at radius 2 is 1.74 bits per heavy atom. The Hall–Kier alpha value is -1.32. The molecule has 0 aliphatic carbocycles. The van der Waals surface area contributed by atoms with Crippen LogP contribution in [0.2, 0.25) is 0 Å². The van der Waals surface area contributed by atoms with Crippen LogP contribution in [0.15, 0.2) is 47.3 Å². The first-order valence-corrected chi connectivity index (χ1v) is 10.4. The lowest BCUT2D eigenvalue weighted by atomic mass is 9.99. The fraction of sp³-hybridized carbons (Fsp3) is 0.400. The highest BCUT2D eigenvalue weighted by Crippen LogP contribution is 2.38. The smallest absolute Gasteiger partial charge is 0.0669 e. The normalized spacial score (nSPS) is 12.6. The van der Waals surface area contributed by atoms with Crippen molar-refractivity contribution < 1.29 is 0 Å². The SMILES string of the molecule is CCCCC(CC)Cn1ccc(-c2cccs2)c1-c1cccs1. The van der Waals surface area contributed by atoms with Gasteiger partial charge in [0.25, 0.3) is 0 Å². The Labute approximate surface area is 147 Å². The minimum absolute atomic E-state index is 0.775. The van der Waals surface area contributed by atoms with E-state index in [9.17, 15) is 0 Å². The van der Waals surface area contributed by atoms with Gasteiger partial charge in [0.05, 0.1) is 10.6 Å². The second kappa shape index (κ2) is 7.98. The van der Waals surface area contributed by atoms with Gasteiger partial charge in [-0.15, -0.1) is 22.7 Å². The zero-order valence-electron chi connectivity index (χ0n) is 14.0. The number of thiophene rings is 2. The van der Waals surface area contributed by atoms with Crippen LogP contribution < -0.4 is 0 Å². The van der Waals surface area contributed by atoms with Gasteiger partial charge in [-0.05, 0) is 41.3 Å². The summed E-state index contributed by atoms with van der Waals surface area (Å²) in [6.45, 7) is 5.75. The first kappa shape index (κ1) is 16.5. The summed E-state index contributed by atoms with van der Waals surface area (Å²) < 4.78 is 2.49. The molecule has 0 aromatic carbocycles. The number of unbranched alkanes of at least 4 members (excludes halogenated alkanes) is 1. The predicted molar refractivity (Wildman–Crippen MR) is 104 cm³/mol. The van der Waals surface area contributed by atoms with E-state index >= 15 is 0 Å². The van der Waals surface area contributed by atoms with Crippen LogP contribution >= 0.6 is 22.7 Å². The van der Waals surface area contributed by atoms with Crippen molar-refractivity contribution in [3.05, 3.63) is 47.3 Å². The van der Waals surface area contributed by atoms with Crippen molar-refractivity contribution in [3.63, 3.8) is 0 Å². The third kappa shape index (κ3) is 3.78. The molecule has 3 aromatic rings. The molecule has 0 fully saturated rings. The highest BCUT2D eigenvalue weighted by Gasteiger charge is 2.17. The maximum atomic E-state index is 2.49. The number of rotatable bonds is 8. The minimum Gasteiger partial charge on any atom is -0.346 e. The summed E-state index contributed by atoms with van der Waals surface area (Å²) in [5.41, 5.74) is 2.78. The van der Waals surface area contributed by atoms with Gasteiger partial charge in [-0.3, -0.25) is 0 Å². The van der Waals surface area contributed by atoms with Gasteiger partial charge in [0.15, 0.2) is 0 Å². The molecule has 0 aliphatic rings. The zero-order valence-corrected chi connectivity index (χ0v) is 15.6. The second-order valence-electron chi connectivity index (χ2n) is 6.10. The molecule has 0 spiro atoms. The van der Waals surface area contributed by atoms with Gasteiger partial charge in [-0.25, -0.2) is 0 Å². The summed E-state index contributed by atoms with van der Waals surface area (Å²) in [7, 11) is 0. The fourth-order valence-corrected chi connectivity index (χ4v) is 4.69. The van der Waals surface area contributed by atoms with Crippen LogP contribution in [0, 0.1) is 5.92 Å². The van der Waals surface area contributed by atoms with Gasteiger partial charge in [0, 0.05) is 23.2 Å². The molecule has 0 N–H and O–H groups in total. The van der Waals surface area contributed by atoms with Crippen LogP contribution in [0.4, 0.5) is 0 Å². The molecule has 0 bridgehead atoms. The van der Waals surface area contributed by atoms with E-state index in [1.54, 1.807) is 0 Å². The topological polar surface area (TPSA) is 4.93 Å². The number of hydrogen-bond acceptors (Lipinski definition) is 2. The van der Waals surface area contributed by atoms with E-state index in [4.69, 9.17) is 0 Å². The monoisotopic (exact) mass is 343 g/mol. The molecule has 0 saturated heterocycles. The third-order valence-electron chi connectivity index (χ3n) is 4.50. The quantitative estimate of drug-likeness (QED) is 0.409. The highest BCUT2D eigenvalue weighted by molar-refractivity contribution is 7.14. The van der Waals surface area contributed by atoms with Crippen LogP contribution in [-0.4, -0.2) is 4.57 Å². The molecular weight excluding hydrogens is 318 g/mol. The molecule has 23 heavy (non-hydrogen) atoms. The van der Waals surface area contributed by atoms with E-state index in [0.29, 0.717) is 0 Å². The maximum absolute atomic E-state index is 2.49. The van der Waals surface area contributed by atoms with Gasteiger partial charge in [-0.2, -0.15) is 0 Å². The molecule has 3 aromatic heterocycles. The van der Waals surface area contributed by atoms with Gasteiger partial charge in [0.2, 0.25) is 0 Å². The average molecular weight is 344 g/mol. The lowest BCUT2D eigenvalue weighted by molar-refractivity contribution is 0.393. The Kier molecular flexibility index (Phi) is 5.74. The van der Waals surface area contributed by atoms with Gasteiger partial charge >= 0.3 is 0 Å². The molecule has 0 amide bonds. The van der Waals surface area contributed by atoms with E-state index in [1.165, 1.54) is 46.7 Å². The lowest BCUT2D eigenvalue weighted by Crippen LogP contribution is -2.10. The number of nitrogens with zero attached hydrogens (tertiary/aromatic N) is 1. The zero-order chi connectivity index (χ0) is 16.1. The van der Waals surface area contributed by atoms with E-state index < -0.39 is 0 Å². The van der Waals surface area contributed by atoms with Crippen LogP contribution in [0.3, 0.4) is 0 Å². The van der Waals surface area contributed by atoms with E-state index in [1.807, 2.05) is 22.7 Å². The Morgan fingerprint density at radius 1 is 1.00 bits per heavy atom. The lowest BCUT2D eigenvalue weighted by Gasteiger charge is -2.18. The molecule has 1 atom stereocenters. The molecule has 3 heteroatoms. The van der Waals surface area contributed by atoms with Crippen molar-refractivity contribution in [2.45, 2.75) is 46.1 Å². The molecule has 1 nitrogen and oxygen atoms in total. The van der Waals surface area contributed by atoms with Crippen molar-refractivity contribution in [1.82, 2.24) is 4.57 Å². The molecule has 3 heterocycles. The molecule has 1 unspecified atom stereocenters. The van der Waals surface area contributed by atoms with Crippen LogP contribution in [0.5, 0.6) is 0 Å². The molecule has 0 radical (unpaired) electrons. The average Bonchev–Trinajstić information content (AvgIpc) is 3.31. The summed E-state index contributed by atoms with van der Waals surface area (Å²) in [6.07, 6.45) is 7.52. The number of aromatic nitrogens is 1. The summed E-state index contributed by atoms with van der Waals surface area (Å²) >= 11 is 3.67. The van der Waals surface area contributed by atoms with Gasteiger partial charge in [-0.1, -0.05) is 45.2 Å². The van der Waals surface area contributed by atoms with E-state index in [-0.39, 0.29) is 0 Å². The van der Waals surface area contributed by atoms with Crippen LogP contribution in [-0.2, 0) is 6.54 Å². The van der Waals surface area contributed by atoms with Gasteiger partial charge in [0.1, 0.15) is 0 Å². The van der Waals surface area contributed by atoms with Crippen molar-refractivity contribution in [2.75, 3.05) is 0 Å². The molecule has 0 saturated carbocycles. The summed E-state index contributed by atoms with van der Waals surface area (Å²) in [5, 5.41) is 4.35. The Morgan fingerprint density at radius 3 is 2.35 bits per heavy atom. The van der Waals surface area contributed by atoms with Crippen LogP contribution in [0.1, 0.15) is 39.5 Å². The van der Waals surface area contributed by atoms with E-state index in [0.717, 1.165) is 12.5 Å². The predicted octanol–water partition coefficient (Wildman–Crippen LogP) is 7.16. The van der Waals surface area contributed by atoms with Crippen molar-refractivity contribution in [3.8, 4) is 21.0 Å². The highest BCUT2D eigenvalue weighted by atomic mass is 32.1. The van der Waals surface area contributed by atoms with Crippen molar-refractivity contribution in [2.24, 2.45) is 5.92 Å². The molecule has 3 rings (SSSR count). The third-order valence-corrected chi connectivity index (χ3v) is 6.28. The molecule has 0 aliphatic heterocycles.